The lowest BCUT2D eigenvalue weighted by atomic mass is 10.2. The van der Waals surface area contributed by atoms with E-state index in [4.69, 9.17) is 5.73 Å². The monoisotopic (exact) mass is 288 g/mol. The van der Waals surface area contributed by atoms with Gasteiger partial charge in [-0.3, -0.25) is 0 Å². The Morgan fingerprint density at radius 3 is 2.79 bits per heavy atom. The molecule has 0 amide bonds. The van der Waals surface area contributed by atoms with Crippen molar-refractivity contribution in [3.05, 3.63) is 23.5 Å². The second-order valence-corrected chi connectivity index (χ2v) is 6.63. The van der Waals surface area contributed by atoms with Crippen molar-refractivity contribution in [3.8, 4) is 0 Å². The molecular formula is C12H17FN2O3S. The molecule has 0 spiro atoms. The quantitative estimate of drug-likeness (QED) is 0.808. The summed E-state index contributed by atoms with van der Waals surface area (Å²) in [5.74, 6) is -0.598. The first-order valence-corrected chi connectivity index (χ1v) is 7.50. The van der Waals surface area contributed by atoms with Crippen LogP contribution in [0.3, 0.4) is 0 Å². The minimum Gasteiger partial charge on any atom is -0.396 e. The van der Waals surface area contributed by atoms with E-state index in [-0.39, 0.29) is 22.8 Å². The van der Waals surface area contributed by atoms with E-state index in [1.54, 1.807) is 0 Å². The molecule has 3 N–H and O–H groups in total. The molecule has 19 heavy (non-hydrogen) atoms. The van der Waals surface area contributed by atoms with Crippen LogP contribution < -0.4 is 5.73 Å². The molecule has 1 aromatic rings. The smallest absolute Gasteiger partial charge is 0.243 e. The topological polar surface area (TPSA) is 83.6 Å². The summed E-state index contributed by atoms with van der Waals surface area (Å²) < 4.78 is 39.6. The fourth-order valence-corrected chi connectivity index (χ4v) is 4.16. The number of hydrogen-bond acceptors (Lipinski definition) is 4. The number of nitrogen functional groups attached to an aromatic ring is 1. The first-order chi connectivity index (χ1) is 8.87. The van der Waals surface area contributed by atoms with Crippen molar-refractivity contribution in [1.29, 1.82) is 0 Å². The van der Waals surface area contributed by atoms with Gasteiger partial charge in [-0.15, -0.1) is 0 Å². The van der Waals surface area contributed by atoms with Crippen LogP contribution in [-0.4, -0.2) is 37.0 Å². The lowest BCUT2D eigenvalue weighted by molar-refractivity contribution is 0.213. The second-order valence-electron chi connectivity index (χ2n) is 4.74. The first kappa shape index (κ1) is 14.2. The van der Waals surface area contributed by atoms with E-state index >= 15 is 0 Å². The number of nitrogens with two attached hydrogens (primary N) is 1. The fraction of sp³-hybridized carbons (Fsp3) is 0.500. The van der Waals surface area contributed by atoms with Crippen LogP contribution >= 0.6 is 0 Å². The largest absolute Gasteiger partial charge is 0.396 e. The number of rotatable bonds is 3. The maximum Gasteiger partial charge on any atom is 0.243 e. The summed E-state index contributed by atoms with van der Waals surface area (Å²) in [4.78, 5) is -0.0238. The molecule has 0 aromatic heterocycles. The predicted octanol–water partition coefficient (Wildman–Crippen LogP) is 0.862. The Kier molecular flexibility index (Phi) is 3.80. The lowest BCUT2D eigenvalue weighted by Gasteiger charge is -2.22. The van der Waals surface area contributed by atoms with E-state index in [0.717, 1.165) is 6.07 Å². The van der Waals surface area contributed by atoms with E-state index in [9.17, 15) is 17.9 Å². The van der Waals surface area contributed by atoms with Crippen LogP contribution in [0.5, 0.6) is 0 Å². The van der Waals surface area contributed by atoms with E-state index in [2.05, 4.69) is 0 Å². The van der Waals surface area contributed by atoms with E-state index in [1.807, 2.05) is 0 Å². The molecule has 5 nitrogen and oxygen atoms in total. The Morgan fingerprint density at radius 1 is 1.53 bits per heavy atom. The molecule has 1 aliphatic rings. The number of sulfonamides is 1. The van der Waals surface area contributed by atoms with Crippen LogP contribution in [0.25, 0.3) is 0 Å². The van der Waals surface area contributed by atoms with Gasteiger partial charge in [0.05, 0.1) is 17.2 Å². The third-order valence-electron chi connectivity index (χ3n) is 3.40. The van der Waals surface area contributed by atoms with Crippen molar-refractivity contribution in [2.75, 3.05) is 18.9 Å². The number of anilines is 1. The number of hydrogen-bond donors (Lipinski definition) is 2. The van der Waals surface area contributed by atoms with Gasteiger partial charge in [0.15, 0.2) is 0 Å². The molecule has 7 heteroatoms. The van der Waals surface area contributed by atoms with Crippen molar-refractivity contribution in [1.82, 2.24) is 4.31 Å². The zero-order valence-electron chi connectivity index (χ0n) is 10.6. The molecule has 1 atom stereocenters. The van der Waals surface area contributed by atoms with Gasteiger partial charge in [0.25, 0.3) is 0 Å². The van der Waals surface area contributed by atoms with Gasteiger partial charge in [0.1, 0.15) is 5.82 Å². The number of aryl methyl sites for hydroxylation is 1. The van der Waals surface area contributed by atoms with Gasteiger partial charge in [0, 0.05) is 12.6 Å². The highest BCUT2D eigenvalue weighted by atomic mass is 32.2. The van der Waals surface area contributed by atoms with E-state index < -0.39 is 21.9 Å². The lowest BCUT2D eigenvalue weighted by Crippen LogP contribution is -2.37. The highest BCUT2D eigenvalue weighted by Crippen LogP contribution is 2.28. The van der Waals surface area contributed by atoms with Crippen molar-refractivity contribution < 1.29 is 17.9 Å². The molecule has 0 radical (unpaired) electrons. The standard InChI is InChI=1S/C12H17FN2O3S/c1-8-5-10(6-11(14)12(8)13)19(17,18)15-4-2-3-9(15)7-16/h5-6,9,16H,2-4,7,14H2,1H3. The zero-order valence-corrected chi connectivity index (χ0v) is 11.5. The van der Waals surface area contributed by atoms with Crippen molar-refractivity contribution in [2.45, 2.75) is 30.7 Å². The SMILES string of the molecule is Cc1cc(S(=O)(=O)N2CCCC2CO)cc(N)c1F. The predicted molar refractivity (Wildman–Crippen MR) is 69.5 cm³/mol. The van der Waals surface area contributed by atoms with Crippen molar-refractivity contribution in [3.63, 3.8) is 0 Å². The van der Waals surface area contributed by atoms with Crippen LogP contribution in [0.4, 0.5) is 10.1 Å². The fourth-order valence-electron chi connectivity index (χ4n) is 2.36. The second kappa shape index (κ2) is 5.07. The van der Waals surface area contributed by atoms with Gasteiger partial charge in [0.2, 0.25) is 10.0 Å². The maximum atomic E-state index is 13.4. The Hall–Kier alpha value is -1.18. The molecule has 0 bridgehead atoms. The average Bonchev–Trinajstić information content (AvgIpc) is 2.84. The number of benzene rings is 1. The minimum atomic E-state index is -3.74. The highest BCUT2D eigenvalue weighted by molar-refractivity contribution is 7.89. The van der Waals surface area contributed by atoms with Crippen molar-refractivity contribution >= 4 is 15.7 Å². The zero-order chi connectivity index (χ0) is 14.2. The van der Waals surface area contributed by atoms with Crippen LogP contribution in [0.1, 0.15) is 18.4 Å². The normalized spacial score (nSPS) is 20.9. The van der Waals surface area contributed by atoms with E-state index in [1.165, 1.54) is 17.3 Å². The molecule has 2 rings (SSSR count). The summed E-state index contributed by atoms with van der Waals surface area (Å²) in [6, 6.07) is 2.00. The van der Waals surface area contributed by atoms with Gasteiger partial charge in [-0.2, -0.15) is 4.31 Å². The molecule has 1 heterocycles. The summed E-state index contributed by atoms with van der Waals surface area (Å²) in [6.45, 7) is 1.62. The summed E-state index contributed by atoms with van der Waals surface area (Å²) in [6.07, 6.45) is 1.34. The van der Waals surface area contributed by atoms with Gasteiger partial charge in [-0.05, 0) is 37.5 Å². The summed E-state index contributed by atoms with van der Waals surface area (Å²) in [5.41, 5.74) is 5.49. The van der Waals surface area contributed by atoms with Crippen molar-refractivity contribution in [2.24, 2.45) is 0 Å². The van der Waals surface area contributed by atoms with Crippen LogP contribution in [0.2, 0.25) is 0 Å². The van der Waals surface area contributed by atoms with Gasteiger partial charge >= 0.3 is 0 Å². The molecule has 1 aliphatic heterocycles. The summed E-state index contributed by atoms with van der Waals surface area (Å²) in [5, 5.41) is 9.21. The Morgan fingerprint density at radius 2 is 2.21 bits per heavy atom. The molecule has 106 valence electrons. The summed E-state index contributed by atoms with van der Waals surface area (Å²) >= 11 is 0. The number of nitrogens with zero attached hydrogens (tertiary/aromatic N) is 1. The molecule has 0 aliphatic carbocycles. The Bertz CT molecular complexity index is 566. The molecule has 1 fully saturated rings. The third kappa shape index (κ3) is 2.45. The number of aliphatic hydroxyl groups is 1. The Balaban J connectivity index is 2.45. The molecule has 1 saturated heterocycles. The summed E-state index contributed by atoms with van der Waals surface area (Å²) in [7, 11) is -3.74. The first-order valence-electron chi connectivity index (χ1n) is 6.06. The van der Waals surface area contributed by atoms with Gasteiger partial charge < -0.3 is 10.8 Å². The van der Waals surface area contributed by atoms with Crippen LogP contribution in [0.15, 0.2) is 17.0 Å². The molecule has 1 aromatic carbocycles. The Labute approximate surface area is 111 Å². The highest BCUT2D eigenvalue weighted by Gasteiger charge is 2.35. The number of halogens is 1. The molecule has 1 unspecified atom stereocenters. The van der Waals surface area contributed by atoms with Crippen LogP contribution in [-0.2, 0) is 10.0 Å². The third-order valence-corrected chi connectivity index (χ3v) is 5.33. The van der Waals surface area contributed by atoms with Crippen LogP contribution in [0, 0.1) is 12.7 Å². The molecular weight excluding hydrogens is 271 g/mol. The van der Waals surface area contributed by atoms with Gasteiger partial charge in [-0.25, -0.2) is 12.8 Å². The van der Waals surface area contributed by atoms with Gasteiger partial charge in [-0.1, -0.05) is 0 Å². The van der Waals surface area contributed by atoms with E-state index in [0.29, 0.717) is 19.4 Å². The minimum absolute atomic E-state index is 0.0238. The maximum absolute atomic E-state index is 13.4. The molecule has 0 saturated carbocycles. The number of aliphatic hydroxyl groups excluding tert-OH is 1. The average molecular weight is 288 g/mol.